The average Bonchev–Trinajstić information content (AvgIpc) is 2.39. The van der Waals surface area contributed by atoms with Crippen molar-refractivity contribution >= 4 is 15.7 Å². The van der Waals surface area contributed by atoms with Crippen molar-refractivity contribution in [1.82, 2.24) is 4.98 Å². The Hall–Kier alpha value is -2.21. The number of pyridine rings is 1. The van der Waals surface area contributed by atoms with Crippen LogP contribution in [0.3, 0.4) is 0 Å². The fourth-order valence-electron chi connectivity index (χ4n) is 1.59. The molecule has 0 fully saturated rings. The zero-order valence-electron chi connectivity index (χ0n) is 10.2. The minimum absolute atomic E-state index is 0.0937. The van der Waals surface area contributed by atoms with E-state index >= 15 is 0 Å². The van der Waals surface area contributed by atoms with Crippen LogP contribution >= 0.6 is 0 Å². The number of carboxylic acid groups (broad SMARTS) is 1. The maximum Gasteiger partial charge on any atom is 0.335 e. The summed E-state index contributed by atoms with van der Waals surface area (Å²) in [6.07, 6.45) is 0. The summed E-state index contributed by atoms with van der Waals surface area (Å²) in [5, 5.41) is 8.98. The third-order valence-corrected chi connectivity index (χ3v) is 4.34. The van der Waals surface area contributed by atoms with Gasteiger partial charge in [0.05, 0.1) is 10.5 Å². The third-order valence-electron chi connectivity index (χ3n) is 2.59. The number of carbonyl (C=O) groups is 1. The van der Waals surface area contributed by atoms with Crippen LogP contribution in [0.25, 0.3) is 0 Å². The normalized spacial score (nSPS) is 13.7. The lowest BCUT2D eigenvalue weighted by Gasteiger charge is -2.07. The van der Waals surface area contributed by atoms with E-state index in [-0.39, 0.29) is 15.5 Å². The quantitative estimate of drug-likeness (QED) is 0.901. The highest BCUT2D eigenvalue weighted by atomic mass is 32.2. The molecular weight excluding hydrogens is 264 g/mol. The fraction of sp³-hybridized carbons (Fsp3) is 0.0769. The molecule has 0 bridgehead atoms. The zero-order chi connectivity index (χ0) is 14.0. The molecule has 1 heterocycles. The van der Waals surface area contributed by atoms with Gasteiger partial charge >= 0.3 is 5.97 Å². The third kappa shape index (κ3) is 2.63. The Morgan fingerprint density at radius 3 is 2.37 bits per heavy atom. The van der Waals surface area contributed by atoms with Crippen LogP contribution in [0.4, 0.5) is 0 Å². The number of aromatic carboxylic acids is 1. The molecule has 2 N–H and O–H groups in total. The van der Waals surface area contributed by atoms with Crippen LogP contribution in [0.2, 0.25) is 0 Å². The molecule has 0 radical (unpaired) electrons. The number of aromatic nitrogens is 1. The topological polar surface area (TPSA) is 91.1 Å². The van der Waals surface area contributed by atoms with Crippen molar-refractivity contribution in [1.29, 1.82) is 4.78 Å². The van der Waals surface area contributed by atoms with E-state index in [2.05, 4.69) is 4.98 Å². The molecule has 0 spiro atoms. The van der Waals surface area contributed by atoms with Crippen molar-refractivity contribution in [3.63, 3.8) is 0 Å². The Balaban J connectivity index is 2.48. The molecule has 0 aliphatic rings. The molecule has 0 aliphatic heterocycles. The number of hydrogen-bond donors (Lipinski definition) is 2. The van der Waals surface area contributed by atoms with E-state index in [1.807, 2.05) is 0 Å². The average molecular weight is 276 g/mol. The lowest BCUT2D eigenvalue weighted by Crippen LogP contribution is -2.04. The molecule has 6 heteroatoms. The van der Waals surface area contributed by atoms with Crippen LogP contribution in [0.15, 0.2) is 52.4 Å². The molecule has 0 aliphatic carbocycles. The second-order valence-corrected chi connectivity index (χ2v) is 6.00. The van der Waals surface area contributed by atoms with Gasteiger partial charge < -0.3 is 5.11 Å². The summed E-state index contributed by atoms with van der Waals surface area (Å²) in [6.45, 7) is 1.76. The minimum Gasteiger partial charge on any atom is -0.478 e. The van der Waals surface area contributed by atoms with Crippen LogP contribution in [-0.4, -0.2) is 20.3 Å². The summed E-state index contributed by atoms with van der Waals surface area (Å²) >= 11 is 0. The summed E-state index contributed by atoms with van der Waals surface area (Å²) in [5.74, 6) is -1.06. The molecule has 0 saturated heterocycles. The number of nitrogens with one attached hydrogen (secondary N) is 1. The second kappa shape index (κ2) is 4.81. The molecule has 1 unspecified atom stereocenters. The van der Waals surface area contributed by atoms with Gasteiger partial charge in [-0.1, -0.05) is 6.07 Å². The van der Waals surface area contributed by atoms with E-state index < -0.39 is 15.7 Å². The summed E-state index contributed by atoms with van der Waals surface area (Å²) in [7, 11) is -3.21. The van der Waals surface area contributed by atoms with Gasteiger partial charge in [-0.25, -0.2) is 18.8 Å². The lowest BCUT2D eigenvalue weighted by atomic mass is 10.2. The van der Waals surface area contributed by atoms with Crippen LogP contribution in [0.5, 0.6) is 0 Å². The SMILES string of the molecule is Cc1cccc(S(=N)(=O)c2ccc(C(=O)O)cc2)n1. The number of hydrogen-bond acceptors (Lipinski definition) is 4. The van der Waals surface area contributed by atoms with Crippen molar-refractivity contribution in [2.75, 3.05) is 0 Å². The maximum atomic E-state index is 12.5. The summed E-state index contributed by atoms with van der Waals surface area (Å²) in [6, 6.07) is 10.4. The second-order valence-electron chi connectivity index (χ2n) is 4.00. The molecule has 1 aromatic carbocycles. The predicted octanol–water partition coefficient (Wildman–Crippen LogP) is 2.55. The van der Waals surface area contributed by atoms with Gasteiger partial charge in [0.2, 0.25) is 0 Å². The van der Waals surface area contributed by atoms with Crippen molar-refractivity contribution in [3.05, 3.63) is 53.7 Å². The highest BCUT2D eigenvalue weighted by molar-refractivity contribution is 7.92. The Morgan fingerprint density at radius 2 is 1.84 bits per heavy atom. The van der Waals surface area contributed by atoms with Gasteiger partial charge in [-0.05, 0) is 43.3 Å². The van der Waals surface area contributed by atoms with E-state index in [1.54, 1.807) is 19.1 Å². The molecule has 5 nitrogen and oxygen atoms in total. The van der Waals surface area contributed by atoms with E-state index in [1.165, 1.54) is 30.3 Å². The number of benzene rings is 1. The first-order valence-corrected chi connectivity index (χ1v) is 7.03. The Morgan fingerprint density at radius 1 is 1.21 bits per heavy atom. The maximum absolute atomic E-state index is 12.5. The molecule has 19 heavy (non-hydrogen) atoms. The van der Waals surface area contributed by atoms with Crippen molar-refractivity contribution in [3.8, 4) is 0 Å². The first-order valence-electron chi connectivity index (χ1n) is 5.47. The number of nitrogens with zero attached hydrogens (tertiary/aromatic N) is 1. The van der Waals surface area contributed by atoms with E-state index in [4.69, 9.17) is 9.89 Å². The largest absolute Gasteiger partial charge is 0.478 e. The highest BCUT2D eigenvalue weighted by Crippen LogP contribution is 2.20. The molecule has 1 aromatic heterocycles. The predicted molar refractivity (Wildman–Crippen MR) is 69.8 cm³/mol. The Labute approximate surface area is 110 Å². The molecule has 2 rings (SSSR count). The van der Waals surface area contributed by atoms with Crippen molar-refractivity contribution < 1.29 is 14.1 Å². The lowest BCUT2D eigenvalue weighted by molar-refractivity contribution is 0.0697. The van der Waals surface area contributed by atoms with Crippen LogP contribution in [0, 0.1) is 11.7 Å². The molecule has 1 atom stereocenters. The Bertz CT molecular complexity index is 722. The zero-order valence-corrected chi connectivity index (χ0v) is 11.0. The van der Waals surface area contributed by atoms with Crippen molar-refractivity contribution in [2.45, 2.75) is 16.8 Å². The van der Waals surface area contributed by atoms with Crippen molar-refractivity contribution in [2.24, 2.45) is 0 Å². The van der Waals surface area contributed by atoms with E-state index in [0.29, 0.717) is 5.69 Å². The fourth-order valence-corrected chi connectivity index (χ4v) is 2.89. The van der Waals surface area contributed by atoms with Crippen LogP contribution in [0.1, 0.15) is 16.1 Å². The molecule has 2 aromatic rings. The number of aryl methyl sites for hydroxylation is 1. The molecule has 0 amide bonds. The molecule has 98 valence electrons. The Kier molecular flexibility index (Phi) is 3.35. The van der Waals surface area contributed by atoms with Gasteiger partial charge in [0.25, 0.3) is 0 Å². The van der Waals surface area contributed by atoms with Gasteiger partial charge in [-0.3, -0.25) is 0 Å². The smallest absolute Gasteiger partial charge is 0.335 e. The highest BCUT2D eigenvalue weighted by Gasteiger charge is 2.15. The van der Waals surface area contributed by atoms with Gasteiger partial charge in [0, 0.05) is 5.69 Å². The van der Waals surface area contributed by atoms with Gasteiger partial charge in [0.1, 0.15) is 14.8 Å². The van der Waals surface area contributed by atoms with Crippen LogP contribution in [-0.2, 0) is 9.73 Å². The van der Waals surface area contributed by atoms with E-state index in [9.17, 15) is 9.00 Å². The van der Waals surface area contributed by atoms with Gasteiger partial charge in [-0.2, -0.15) is 0 Å². The summed E-state index contributed by atoms with van der Waals surface area (Å²) in [5.41, 5.74) is 0.774. The molecule has 0 saturated carbocycles. The van der Waals surface area contributed by atoms with Crippen LogP contribution < -0.4 is 0 Å². The first kappa shape index (κ1) is 13.2. The van der Waals surface area contributed by atoms with E-state index in [0.717, 1.165) is 0 Å². The minimum atomic E-state index is -3.21. The summed E-state index contributed by atoms with van der Waals surface area (Å²) < 4.78 is 20.5. The molecular formula is C13H12N2O3S. The number of rotatable bonds is 3. The standard InChI is InChI=1S/C13H12N2O3S/c1-9-3-2-4-12(15-9)19(14,18)11-7-5-10(6-8-11)13(16)17/h2-8,14H,1H3,(H,16,17). The number of carboxylic acids is 1. The summed E-state index contributed by atoms with van der Waals surface area (Å²) in [4.78, 5) is 15.1. The monoisotopic (exact) mass is 276 g/mol. The van der Waals surface area contributed by atoms with Gasteiger partial charge in [0.15, 0.2) is 0 Å². The van der Waals surface area contributed by atoms with Gasteiger partial charge in [-0.15, -0.1) is 0 Å². The first-order chi connectivity index (χ1) is 8.91.